The van der Waals surface area contributed by atoms with Crippen LogP contribution in [0.4, 0.5) is 0 Å². The fourth-order valence-corrected chi connectivity index (χ4v) is 5.37. The number of piperidine rings is 1. The van der Waals surface area contributed by atoms with Gasteiger partial charge < -0.3 is 10.4 Å². The Morgan fingerprint density at radius 3 is 2.72 bits per heavy atom. The number of nitrogens with zero attached hydrogens (tertiary/aromatic N) is 1. The molecule has 2 aliphatic heterocycles. The van der Waals surface area contributed by atoms with Crippen molar-refractivity contribution in [1.29, 1.82) is 5.26 Å². The van der Waals surface area contributed by atoms with Gasteiger partial charge in [-0.2, -0.15) is 5.26 Å². The molecule has 0 aromatic carbocycles. The highest BCUT2D eigenvalue weighted by Gasteiger charge is 2.48. The van der Waals surface area contributed by atoms with Crippen molar-refractivity contribution in [1.82, 2.24) is 21.5 Å². The zero-order valence-corrected chi connectivity index (χ0v) is 15.4. The molecule has 7 atom stereocenters. The van der Waals surface area contributed by atoms with Crippen LogP contribution in [0.3, 0.4) is 0 Å². The summed E-state index contributed by atoms with van der Waals surface area (Å²) in [5.41, 5.74) is 6.87. The van der Waals surface area contributed by atoms with Gasteiger partial charge in [-0.15, -0.1) is 11.6 Å². The number of rotatable bonds is 4. The SMILES string of the molecule is N#CC1(CNC2NNC(C3CCC(Cl)CC3O)C3CCNCC23)CC1. The van der Waals surface area contributed by atoms with Crippen LogP contribution in [0.5, 0.6) is 0 Å². The first-order valence-corrected chi connectivity index (χ1v) is 10.2. The van der Waals surface area contributed by atoms with E-state index in [4.69, 9.17) is 11.6 Å². The summed E-state index contributed by atoms with van der Waals surface area (Å²) in [5, 5.41) is 27.1. The van der Waals surface area contributed by atoms with Gasteiger partial charge in [0.2, 0.25) is 0 Å². The fourth-order valence-electron chi connectivity index (χ4n) is 5.06. The van der Waals surface area contributed by atoms with Gasteiger partial charge in [0.15, 0.2) is 0 Å². The first kappa shape index (κ1) is 18.0. The Morgan fingerprint density at radius 2 is 2.00 bits per heavy atom. The quantitative estimate of drug-likeness (QED) is 0.469. The lowest BCUT2D eigenvalue weighted by Gasteiger charge is -2.51. The first-order valence-electron chi connectivity index (χ1n) is 9.80. The van der Waals surface area contributed by atoms with Crippen molar-refractivity contribution in [2.75, 3.05) is 19.6 Å². The topological polar surface area (TPSA) is 92.1 Å². The molecule has 4 aliphatic rings. The summed E-state index contributed by atoms with van der Waals surface area (Å²) in [6, 6.07) is 2.75. The van der Waals surface area contributed by atoms with Gasteiger partial charge in [0.1, 0.15) is 0 Å². The molecule has 7 heteroatoms. The third kappa shape index (κ3) is 3.69. The smallest absolute Gasteiger partial charge is 0.0748 e. The number of fused-ring (bicyclic) bond motifs is 1. The number of hydrazine groups is 1. The summed E-state index contributed by atoms with van der Waals surface area (Å²) in [6.07, 6.45) is 5.68. The Morgan fingerprint density at radius 1 is 1.16 bits per heavy atom. The molecule has 0 aromatic heterocycles. The van der Waals surface area contributed by atoms with Crippen LogP contribution in [0.1, 0.15) is 38.5 Å². The van der Waals surface area contributed by atoms with Gasteiger partial charge in [-0.25, -0.2) is 5.43 Å². The standard InChI is InChI=1S/C18H30ClN5O/c19-11-1-2-13(15(25)7-11)16-12-3-6-21-8-14(12)17(24-23-16)22-10-18(9-20)4-5-18/h11-17,21-25H,1-8,10H2. The zero-order chi connectivity index (χ0) is 17.4. The minimum atomic E-state index is -0.316. The molecule has 7 unspecified atom stereocenters. The number of aliphatic hydroxyl groups is 1. The van der Waals surface area contributed by atoms with E-state index in [1.807, 2.05) is 0 Å². The van der Waals surface area contributed by atoms with Crippen molar-refractivity contribution < 1.29 is 5.11 Å². The maximum Gasteiger partial charge on any atom is 0.0748 e. The number of halogens is 1. The van der Waals surface area contributed by atoms with Crippen molar-refractivity contribution in [3.63, 3.8) is 0 Å². The molecule has 2 heterocycles. The third-order valence-corrected chi connectivity index (χ3v) is 7.29. The van der Waals surface area contributed by atoms with E-state index in [1.54, 1.807) is 0 Å². The fraction of sp³-hybridized carbons (Fsp3) is 0.944. The molecular formula is C18H30ClN5O. The van der Waals surface area contributed by atoms with E-state index in [9.17, 15) is 10.4 Å². The molecule has 0 spiro atoms. The highest BCUT2D eigenvalue weighted by molar-refractivity contribution is 6.20. The van der Waals surface area contributed by atoms with E-state index in [0.29, 0.717) is 18.3 Å². The van der Waals surface area contributed by atoms with E-state index in [1.165, 1.54) is 0 Å². The van der Waals surface area contributed by atoms with Crippen molar-refractivity contribution in [3.05, 3.63) is 0 Å². The Labute approximate surface area is 155 Å². The van der Waals surface area contributed by atoms with Gasteiger partial charge in [0.05, 0.1) is 23.8 Å². The predicted octanol–water partition coefficient (Wildman–Crippen LogP) is 0.676. The maximum absolute atomic E-state index is 10.6. The summed E-state index contributed by atoms with van der Waals surface area (Å²) in [6.45, 7) is 2.78. The summed E-state index contributed by atoms with van der Waals surface area (Å²) in [5.74, 6) is 1.27. The average Bonchev–Trinajstić information content (AvgIpc) is 3.41. The van der Waals surface area contributed by atoms with Crippen LogP contribution in [0, 0.1) is 34.5 Å². The van der Waals surface area contributed by atoms with Crippen LogP contribution in [0.25, 0.3) is 0 Å². The van der Waals surface area contributed by atoms with E-state index in [2.05, 4.69) is 27.6 Å². The molecule has 0 aromatic rings. The van der Waals surface area contributed by atoms with Gasteiger partial charge in [-0.3, -0.25) is 10.7 Å². The average molecular weight is 368 g/mol. The van der Waals surface area contributed by atoms with Crippen molar-refractivity contribution >= 4 is 11.6 Å². The lowest BCUT2D eigenvalue weighted by Crippen LogP contribution is -2.71. The van der Waals surface area contributed by atoms with E-state index >= 15 is 0 Å². The minimum Gasteiger partial charge on any atom is -0.393 e. The van der Waals surface area contributed by atoms with Gasteiger partial charge in [0.25, 0.3) is 0 Å². The molecule has 2 aliphatic carbocycles. The third-order valence-electron chi connectivity index (χ3n) is 6.90. The van der Waals surface area contributed by atoms with Gasteiger partial charge in [0, 0.05) is 36.3 Å². The maximum atomic E-state index is 10.6. The lowest BCUT2D eigenvalue weighted by molar-refractivity contribution is -0.0196. The van der Waals surface area contributed by atoms with Crippen LogP contribution < -0.4 is 21.5 Å². The van der Waals surface area contributed by atoms with E-state index in [-0.39, 0.29) is 35.0 Å². The molecule has 0 amide bonds. The second kappa shape index (κ2) is 7.30. The molecular weight excluding hydrogens is 338 g/mol. The normalized spacial score (nSPS) is 46.0. The van der Waals surface area contributed by atoms with Crippen molar-refractivity contribution in [2.24, 2.45) is 23.2 Å². The van der Waals surface area contributed by atoms with Crippen LogP contribution in [0.15, 0.2) is 0 Å². The Bertz CT molecular complexity index is 522. The summed E-state index contributed by atoms with van der Waals surface area (Å²) >= 11 is 6.24. The number of nitriles is 1. The highest BCUT2D eigenvalue weighted by Crippen LogP contribution is 2.44. The molecule has 6 nitrogen and oxygen atoms in total. The van der Waals surface area contributed by atoms with Crippen LogP contribution in [-0.4, -0.2) is 48.4 Å². The molecule has 2 saturated heterocycles. The number of hydrogen-bond donors (Lipinski definition) is 5. The van der Waals surface area contributed by atoms with Crippen LogP contribution >= 0.6 is 11.6 Å². The molecule has 0 radical (unpaired) electrons. The van der Waals surface area contributed by atoms with Gasteiger partial charge in [-0.1, -0.05) is 0 Å². The van der Waals surface area contributed by atoms with Crippen LogP contribution in [-0.2, 0) is 0 Å². The zero-order valence-electron chi connectivity index (χ0n) is 14.7. The molecule has 0 bridgehead atoms. The van der Waals surface area contributed by atoms with Crippen molar-refractivity contribution in [3.8, 4) is 6.07 Å². The molecule has 140 valence electrons. The van der Waals surface area contributed by atoms with Crippen molar-refractivity contribution in [2.45, 2.75) is 62.2 Å². The van der Waals surface area contributed by atoms with Gasteiger partial charge in [-0.05, 0) is 51.0 Å². The molecule has 5 N–H and O–H groups in total. The highest BCUT2D eigenvalue weighted by atomic mass is 35.5. The number of alkyl halides is 1. The molecule has 25 heavy (non-hydrogen) atoms. The van der Waals surface area contributed by atoms with E-state index < -0.39 is 0 Å². The second-order valence-electron chi connectivity index (χ2n) is 8.53. The monoisotopic (exact) mass is 367 g/mol. The molecule has 4 fully saturated rings. The van der Waals surface area contributed by atoms with Crippen LogP contribution in [0.2, 0.25) is 0 Å². The lowest BCUT2D eigenvalue weighted by atomic mass is 9.69. The Balaban J connectivity index is 1.42. The Hall–Kier alpha value is -0.420. The summed E-state index contributed by atoms with van der Waals surface area (Å²) in [4.78, 5) is 0. The number of nitrogens with one attached hydrogen (secondary N) is 4. The minimum absolute atomic E-state index is 0.113. The second-order valence-corrected chi connectivity index (χ2v) is 9.14. The predicted molar refractivity (Wildman–Crippen MR) is 96.6 cm³/mol. The van der Waals surface area contributed by atoms with Gasteiger partial charge >= 0.3 is 0 Å². The molecule has 2 saturated carbocycles. The molecule has 4 rings (SSSR count). The Kier molecular flexibility index (Phi) is 5.25. The number of hydrogen-bond acceptors (Lipinski definition) is 6. The summed E-state index contributed by atoms with van der Waals surface area (Å²) < 4.78 is 0. The van der Waals surface area contributed by atoms with E-state index in [0.717, 1.165) is 51.7 Å². The first-order chi connectivity index (χ1) is 12.1. The largest absolute Gasteiger partial charge is 0.393 e. The summed E-state index contributed by atoms with van der Waals surface area (Å²) in [7, 11) is 0. The number of aliphatic hydroxyl groups excluding tert-OH is 1.